The van der Waals surface area contributed by atoms with E-state index >= 15 is 0 Å². The van der Waals surface area contributed by atoms with Gasteiger partial charge in [0.1, 0.15) is 11.5 Å². The monoisotopic (exact) mass is 396 g/mol. The first-order valence-electron chi connectivity index (χ1n) is 8.10. The van der Waals surface area contributed by atoms with E-state index in [-0.39, 0.29) is 5.69 Å². The van der Waals surface area contributed by atoms with E-state index in [0.29, 0.717) is 22.8 Å². The van der Waals surface area contributed by atoms with Crippen LogP contribution in [0.15, 0.2) is 47.6 Å². The SMILES string of the molecule is COc1ccc(C(C)=NOCC(=O)Nc2cccc(C(F)(F)F)c2)c(OC)c1. The Morgan fingerprint density at radius 3 is 2.50 bits per heavy atom. The van der Waals surface area contributed by atoms with Crippen LogP contribution in [0.1, 0.15) is 18.1 Å². The molecule has 0 atom stereocenters. The van der Waals surface area contributed by atoms with Crippen molar-refractivity contribution in [1.29, 1.82) is 0 Å². The summed E-state index contributed by atoms with van der Waals surface area (Å²) in [4.78, 5) is 16.9. The van der Waals surface area contributed by atoms with E-state index in [0.717, 1.165) is 12.1 Å². The number of nitrogens with one attached hydrogen (secondary N) is 1. The van der Waals surface area contributed by atoms with Crippen molar-refractivity contribution in [3.8, 4) is 11.5 Å². The van der Waals surface area contributed by atoms with Gasteiger partial charge in [0.15, 0.2) is 6.61 Å². The Balaban J connectivity index is 1.98. The second-order valence-corrected chi connectivity index (χ2v) is 5.64. The molecule has 0 saturated carbocycles. The minimum atomic E-state index is -4.49. The molecule has 0 spiro atoms. The molecule has 2 aromatic rings. The molecule has 28 heavy (non-hydrogen) atoms. The number of hydrogen-bond donors (Lipinski definition) is 1. The van der Waals surface area contributed by atoms with Crippen molar-refractivity contribution < 1.29 is 32.3 Å². The highest BCUT2D eigenvalue weighted by atomic mass is 19.4. The number of hydrogen-bond acceptors (Lipinski definition) is 5. The summed E-state index contributed by atoms with van der Waals surface area (Å²) in [6, 6.07) is 9.44. The average Bonchev–Trinajstić information content (AvgIpc) is 2.66. The fourth-order valence-corrected chi connectivity index (χ4v) is 2.30. The fourth-order valence-electron chi connectivity index (χ4n) is 2.30. The van der Waals surface area contributed by atoms with Gasteiger partial charge < -0.3 is 19.6 Å². The van der Waals surface area contributed by atoms with Crippen LogP contribution in [-0.4, -0.2) is 32.4 Å². The standard InChI is InChI=1S/C19H19F3N2O4/c1-12(16-8-7-15(26-2)10-17(16)27-3)24-28-11-18(25)23-14-6-4-5-13(9-14)19(20,21)22/h4-10H,11H2,1-3H3,(H,23,25). The first-order valence-corrected chi connectivity index (χ1v) is 8.10. The summed E-state index contributed by atoms with van der Waals surface area (Å²) in [5, 5.41) is 6.18. The van der Waals surface area contributed by atoms with Gasteiger partial charge in [0.2, 0.25) is 0 Å². The summed E-state index contributed by atoms with van der Waals surface area (Å²) in [5.74, 6) is 0.477. The number of oxime groups is 1. The largest absolute Gasteiger partial charge is 0.497 e. The zero-order chi connectivity index (χ0) is 20.7. The van der Waals surface area contributed by atoms with Crippen molar-refractivity contribution in [3.63, 3.8) is 0 Å². The lowest BCUT2D eigenvalue weighted by atomic mass is 10.1. The topological polar surface area (TPSA) is 69.2 Å². The number of ether oxygens (including phenoxy) is 2. The smallest absolute Gasteiger partial charge is 0.416 e. The molecule has 2 aromatic carbocycles. The Bertz CT molecular complexity index is 866. The van der Waals surface area contributed by atoms with Crippen LogP contribution in [0, 0.1) is 0 Å². The van der Waals surface area contributed by atoms with E-state index in [9.17, 15) is 18.0 Å². The molecule has 0 bridgehead atoms. The Morgan fingerprint density at radius 2 is 1.86 bits per heavy atom. The summed E-state index contributed by atoms with van der Waals surface area (Å²) in [6.45, 7) is 1.20. The number of carbonyl (C=O) groups is 1. The maximum absolute atomic E-state index is 12.7. The molecule has 9 heteroatoms. The van der Waals surface area contributed by atoms with Crippen LogP contribution in [-0.2, 0) is 15.8 Å². The highest BCUT2D eigenvalue weighted by Gasteiger charge is 2.30. The summed E-state index contributed by atoms with van der Waals surface area (Å²) < 4.78 is 48.5. The molecule has 2 rings (SSSR count). The van der Waals surface area contributed by atoms with Gasteiger partial charge in [-0.25, -0.2) is 0 Å². The van der Waals surface area contributed by atoms with Crippen LogP contribution in [0.2, 0.25) is 0 Å². The predicted octanol–water partition coefficient (Wildman–Crippen LogP) is 4.10. The highest BCUT2D eigenvalue weighted by Crippen LogP contribution is 2.30. The lowest BCUT2D eigenvalue weighted by Crippen LogP contribution is -2.18. The number of amides is 1. The fraction of sp³-hybridized carbons (Fsp3) is 0.263. The summed E-state index contributed by atoms with van der Waals surface area (Å²) in [7, 11) is 3.02. The third-order valence-corrected chi connectivity index (χ3v) is 3.67. The lowest BCUT2D eigenvalue weighted by Gasteiger charge is -2.11. The summed E-state index contributed by atoms with van der Waals surface area (Å²) in [6.07, 6.45) is -4.49. The summed E-state index contributed by atoms with van der Waals surface area (Å²) in [5.41, 5.74) is 0.251. The van der Waals surface area contributed by atoms with Gasteiger partial charge in [0, 0.05) is 17.3 Å². The van der Waals surface area contributed by atoms with E-state index in [1.807, 2.05) is 0 Å². The average molecular weight is 396 g/mol. The molecular weight excluding hydrogens is 377 g/mol. The van der Waals surface area contributed by atoms with Crippen molar-refractivity contribution in [1.82, 2.24) is 0 Å². The molecule has 0 aliphatic rings. The van der Waals surface area contributed by atoms with Gasteiger partial charge in [0.25, 0.3) is 5.91 Å². The predicted molar refractivity (Wildman–Crippen MR) is 97.8 cm³/mol. The summed E-state index contributed by atoms with van der Waals surface area (Å²) >= 11 is 0. The molecule has 0 heterocycles. The third kappa shape index (κ3) is 5.63. The normalized spacial score (nSPS) is 11.7. The second-order valence-electron chi connectivity index (χ2n) is 5.64. The van der Waals surface area contributed by atoms with Crippen LogP contribution >= 0.6 is 0 Å². The number of alkyl halides is 3. The first-order chi connectivity index (χ1) is 13.2. The van der Waals surface area contributed by atoms with E-state index < -0.39 is 24.3 Å². The molecule has 0 saturated heterocycles. The van der Waals surface area contributed by atoms with E-state index in [2.05, 4.69) is 10.5 Å². The minimum Gasteiger partial charge on any atom is -0.497 e. The third-order valence-electron chi connectivity index (χ3n) is 3.67. The lowest BCUT2D eigenvalue weighted by molar-refractivity contribution is -0.137. The van der Waals surface area contributed by atoms with Crippen LogP contribution < -0.4 is 14.8 Å². The Labute approximate surface area is 159 Å². The zero-order valence-corrected chi connectivity index (χ0v) is 15.5. The number of methoxy groups -OCH3 is 2. The molecule has 0 aliphatic heterocycles. The van der Waals surface area contributed by atoms with Crippen LogP contribution in [0.4, 0.5) is 18.9 Å². The maximum Gasteiger partial charge on any atom is 0.416 e. The zero-order valence-electron chi connectivity index (χ0n) is 15.5. The van der Waals surface area contributed by atoms with Crippen LogP contribution in [0.25, 0.3) is 0 Å². The Kier molecular flexibility index (Phi) is 6.86. The molecule has 0 fully saturated rings. The number of nitrogens with zero attached hydrogens (tertiary/aromatic N) is 1. The number of benzene rings is 2. The molecule has 0 radical (unpaired) electrons. The molecule has 0 aliphatic carbocycles. The van der Waals surface area contributed by atoms with Crippen molar-refractivity contribution in [2.45, 2.75) is 13.1 Å². The highest BCUT2D eigenvalue weighted by molar-refractivity contribution is 6.01. The van der Waals surface area contributed by atoms with E-state index in [1.165, 1.54) is 26.4 Å². The van der Waals surface area contributed by atoms with E-state index in [1.54, 1.807) is 25.1 Å². The van der Waals surface area contributed by atoms with Crippen LogP contribution in [0.5, 0.6) is 11.5 Å². The molecule has 1 N–H and O–H groups in total. The molecule has 6 nitrogen and oxygen atoms in total. The van der Waals surface area contributed by atoms with Gasteiger partial charge in [-0.05, 0) is 37.3 Å². The maximum atomic E-state index is 12.7. The van der Waals surface area contributed by atoms with Gasteiger partial charge in [-0.2, -0.15) is 13.2 Å². The molecule has 1 amide bonds. The van der Waals surface area contributed by atoms with Gasteiger partial charge in [-0.3, -0.25) is 4.79 Å². The molecule has 0 aromatic heterocycles. The number of rotatable bonds is 7. The van der Waals surface area contributed by atoms with Crippen molar-refractivity contribution in [2.24, 2.45) is 5.16 Å². The van der Waals surface area contributed by atoms with Gasteiger partial charge >= 0.3 is 6.18 Å². The van der Waals surface area contributed by atoms with Gasteiger partial charge in [0.05, 0.1) is 25.5 Å². The van der Waals surface area contributed by atoms with Crippen molar-refractivity contribution >= 4 is 17.3 Å². The number of halogens is 3. The number of carbonyl (C=O) groups excluding carboxylic acids is 1. The second kappa shape index (κ2) is 9.12. The minimum absolute atomic E-state index is 0.0148. The Morgan fingerprint density at radius 1 is 1.11 bits per heavy atom. The number of anilines is 1. The molecule has 0 unspecified atom stereocenters. The first kappa shape index (κ1) is 21.1. The van der Waals surface area contributed by atoms with Gasteiger partial charge in [-0.15, -0.1) is 0 Å². The molecular formula is C19H19F3N2O4. The van der Waals surface area contributed by atoms with E-state index in [4.69, 9.17) is 14.3 Å². The van der Waals surface area contributed by atoms with Crippen molar-refractivity contribution in [3.05, 3.63) is 53.6 Å². The quantitative estimate of drug-likeness (QED) is 0.565. The van der Waals surface area contributed by atoms with Crippen molar-refractivity contribution in [2.75, 3.05) is 26.1 Å². The Hall–Kier alpha value is -3.23. The van der Waals surface area contributed by atoms with Crippen LogP contribution in [0.3, 0.4) is 0 Å². The van der Waals surface area contributed by atoms with Gasteiger partial charge in [-0.1, -0.05) is 11.2 Å². The molecule has 150 valence electrons.